The molecule has 2 rings (SSSR count). The summed E-state index contributed by atoms with van der Waals surface area (Å²) in [4.78, 5) is 27.7. The zero-order valence-electron chi connectivity index (χ0n) is 8.61. The Morgan fingerprint density at radius 2 is 2.25 bits per heavy atom. The lowest BCUT2D eigenvalue weighted by atomic mass is 10.2. The van der Waals surface area contributed by atoms with Crippen LogP contribution < -0.4 is 10.2 Å². The van der Waals surface area contributed by atoms with E-state index < -0.39 is 23.8 Å². The second-order valence-electron chi connectivity index (χ2n) is 3.53. The van der Waals surface area contributed by atoms with Gasteiger partial charge < -0.3 is 4.90 Å². The molecule has 0 aromatic carbocycles. The number of imide groups is 1. The fraction of sp³-hybridized carbons (Fsp3) is 0.300. The SMILES string of the molecule is CC1C(=O)NC(=O)CN1c1cccc(F)n1. The van der Waals surface area contributed by atoms with Gasteiger partial charge in [-0.25, -0.2) is 4.98 Å². The van der Waals surface area contributed by atoms with Crippen molar-refractivity contribution >= 4 is 17.6 Å². The van der Waals surface area contributed by atoms with Crippen LogP contribution in [0.25, 0.3) is 0 Å². The molecule has 2 heterocycles. The summed E-state index contributed by atoms with van der Waals surface area (Å²) in [6.07, 6.45) is 0. The van der Waals surface area contributed by atoms with Crippen molar-refractivity contribution in [3.05, 3.63) is 24.1 Å². The fourth-order valence-electron chi connectivity index (χ4n) is 1.55. The van der Waals surface area contributed by atoms with Crippen molar-refractivity contribution in [3.8, 4) is 0 Å². The fourth-order valence-corrected chi connectivity index (χ4v) is 1.55. The molecule has 0 spiro atoms. The first-order valence-electron chi connectivity index (χ1n) is 4.81. The monoisotopic (exact) mass is 223 g/mol. The second kappa shape index (κ2) is 3.88. The average molecular weight is 223 g/mol. The minimum absolute atomic E-state index is 0.00333. The van der Waals surface area contributed by atoms with Gasteiger partial charge in [0.1, 0.15) is 11.9 Å². The number of carbonyl (C=O) groups excluding carboxylic acids is 2. The molecule has 84 valence electrons. The number of amides is 2. The van der Waals surface area contributed by atoms with Crippen molar-refractivity contribution in [2.24, 2.45) is 0 Å². The third-order valence-electron chi connectivity index (χ3n) is 2.42. The van der Waals surface area contributed by atoms with Gasteiger partial charge in [-0.05, 0) is 19.1 Å². The Labute approximate surface area is 91.3 Å². The van der Waals surface area contributed by atoms with E-state index in [0.717, 1.165) is 0 Å². The molecule has 5 nitrogen and oxygen atoms in total. The van der Waals surface area contributed by atoms with Gasteiger partial charge in [0.25, 0.3) is 0 Å². The average Bonchev–Trinajstić information content (AvgIpc) is 2.23. The molecule has 1 fully saturated rings. The predicted molar refractivity (Wildman–Crippen MR) is 54.2 cm³/mol. The highest BCUT2D eigenvalue weighted by Crippen LogP contribution is 2.16. The molecule has 0 radical (unpaired) electrons. The standard InChI is InChI=1S/C10H10FN3O2/c1-6-10(16)13-9(15)5-14(6)8-4-2-3-7(11)12-8/h2-4,6H,5H2,1H3,(H,13,15,16). The lowest BCUT2D eigenvalue weighted by Crippen LogP contribution is -2.57. The molecule has 0 aliphatic carbocycles. The molecule has 1 aliphatic heterocycles. The van der Waals surface area contributed by atoms with Crippen LogP contribution in [0.15, 0.2) is 18.2 Å². The molecule has 6 heteroatoms. The van der Waals surface area contributed by atoms with Gasteiger partial charge in [-0.3, -0.25) is 14.9 Å². The first-order chi connectivity index (χ1) is 7.58. The number of anilines is 1. The van der Waals surface area contributed by atoms with Gasteiger partial charge in [0.15, 0.2) is 0 Å². The minimum atomic E-state index is -0.636. The van der Waals surface area contributed by atoms with Gasteiger partial charge in [0, 0.05) is 0 Å². The Hall–Kier alpha value is -1.98. The maximum Gasteiger partial charge on any atom is 0.249 e. The van der Waals surface area contributed by atoms with Crippen molar-refractivity contribution in [1.82, 2.24) is 10.3 Å². The largest absolute Gasteiger partial charge is 0.335 e. The van der Waals surface area contributed by atoms with Crippen LogP contribution in [0.1, 0.15) is 6.92 Å². The minimum Gasteiger partial charge on any atom is -0.335 e. The molecule has 1 N–H and O–H groups in total. The van der Waals surface area contributed by atoms with Crippen LogP contribution in [0.2, 0.25) is 0 Å². The van der Waals surface area contributed by atoms with E-state index in [0.29, 0.717) is 0 Å². The molecule has 2 amide bonds. The van der Waals surface area contributed by atoms with Gasteiger partial charge >= 0.3 is 0 Å². The number of hydrogen-bond donors (Lipinski definition) is 1. The Balaban J connectivity index is 2.32. The first kappa shape index (κ1) is 10.5. The van der Waals surface area contributed by atoms with Crippen LogP contribution in [0, 0.1) is 5.95 Å². The molecule has 1 aliphatic rings. The summed E-state index contributed by atoms with van der Waals surface area (Å²) < 4.78 is 12.9. The normalized spacial score (nSPS) is 20.9. The van der Waals surface area contributed by atoms with Crippen LogP contribution >= 0.6 is 0 Å². The summed E-state index contributed by atoms with van der Waals surface area (Å²) in [5.41, 5.74) is 0. The van der Waals surface area contributed by atoms with Crippen LogP contribution in [0.3, 0.4) is 0 Å². The van der Waals surface area contributed by atoms with Crippen LogP contribution in [0.4, 0.5) is 10.2 Å². The van der Waals surface area contributed by atoms with Gasteiger partial charge in [-0.1, -0.05) is 6.07 Å². The molecule has 16 heavy (non-hydrogen) atoms. The van der Waals surface area contributed by atoms with E-state index in [1.54, 1.807) is 13.0 Å². The van der Waals surface area contributed by atoms with E-state index in [9.17, 15) is 14.0 Å². The predicted octanol–water partition coefficient (Wildman–Crippen LogP) is 0.0720. The van der Waals surface area contributed by atoms with Gasteiger partial charge in [-0.15, -0.1) is 0 Å². The maximum absolute atomic E-state index is 12.9. The molecule has 1 aromatic rings. The highest BCUT2D eigenvalue weighted by Gasteiger charge is 2.31. The molecule has 1 unspecified atom stereocenters. The molecule has 1 atom stereocenters. The van der Waals surface area contributed by atoms with E-state index in [1.807, 2.05) is 0 Å². The number of hydrogen-bond acceptors (Lipinski definition) is 4. The van der Waals surface area contributed by atoms with Gasteiger partial charge in [-0.2, -0.15) is 4.39 Å². The summed E-state index contributed by atoms with van der Waals surface area (Å²) in [7, 11) is 0. The molecule has 1 aromatic heterocycles. The van der Waals surface area contributed by atoms with Crippen molar-refractivity contribution in [2.75, 3.05) is 11.4 Å². The quantitative estimate of drug-likeness (QED) is 0.540. The van der Waals surface area contributed by atoms with Gasteiger partial charge in [0.2, 0.25) is 17.8 Å². The Morgan fingerprint density at radius 3 is 2.94 bits per heavy atom. The molecular formula is C10H10FN3O2. The van der Waals surface area contributed by atoms with E-state index in [-0.39, 0.29) is 12.4 Å². The van der Waals surface area contributed by atoms with Crippen molar-refractivity contribution in [3.63, 3.8) is 0 Å². The Morgan fingerprint density at radius 1 is 1.50 bits per heavy atom. The van der Waals surface area contributed by atoms with E-state index in [2.05, 4.69) is 10.3 Å². The van der Waals surface area contributed by atoms with Crippen molar-refractivity contribution < 1.29 is 14.0 Å². The number of pyridine rings is 1. The van der Waals surface area contributed by atoms with Crippen molar-refractivity contribution in [2.45, 2.75) is 13.0 Å². The van der Waals surface area contributed by atoms with Crippen LogP contribution in [-0.4, -0.2) is 29.4 Å². The number of carbonyl (C=O) groups is 2. The van der Waals surface area contributed by atoms with E-state index >= 15 is 0 Å². The highest BCUT2D eigenvalue weighted by atomic mass is 19.1. The molecule has 0 saturated carbocycles. The Kier molecular flexibility index (Phi) is 2.55. The third-order valence-corrected chi connectivity index (χ3v) is 2.42. The summed E-state index contributed by atoms with van der Waals surface area (Å²) in [5.74, 6) is -1.16. The Bertz CT molecular complexity index is 449. The zero-order chi connectivity index (χ0) is 11.7. The van der Waals surface area contributed by atoms with Crippen LogP contribution in [0.5, 0.6) is 0 Å². The number of aromatic nitrogens is 1. The number of nitrogens with one attached hydrogen (secondary N) is 1. The number of halogens is 1. The first-order valence-corrected chi connectivity index (χ1v) is 4.81. The summed E-state index contributed by atoms with van der Waals surface area (Å²) in [5, 5.41) is 2.20. The number of piperazine rings is 1. The number of nitrogens with zero attached hydrogens (tertiary/aromatic N) is 2. The lowest BCUT2D eigenvalue weighted by molar-refractivity contribution is -0.132. The van der Waals surface area contributed by atoms with Crippen LogP contribution in [-0.2, 0) is 9.59 Å². The topological polar surface area (TPSA) is 62.3 Å². The van der Waals surface area contributed by atoms with E-state index in [4.69, 9.17) is 0 Å². The highest BCUT2D eigenvalue weighted by molar-refractivity contribution is 6.04. The molecule has 0 bridgehead atoms. The smallest absolute Gasteiger partial charge is 0.249 e. The zero-order valence-corrected chi connectivity index (χ0v) is 8.61. The van der Waals surface area contributed by atoms with Gasteiger partial charge in [0.05, 0.1) is 6.54 Å². The lowest BCUT2D eigenvalue weighted by Gasteiger charge is -2.32. The number of rotatable bonds is 1. The molecular weight excluding hydrogens is 213 g/mol. The summed E-state index contributed by atoms with van der Waals surface area (Å²) >= 11 is 0. The maximum atomic E-state index is 12.9. The molecule has 1 saturated heterocycles. The van der Waals surface area contributed by atoms with Crippen molar-refractivity contribution in [1.29, 1.82) is 0 Å². The third kappa shape index (κ3) is 1.86. The summed E-state index contributed by atoms with van der Waals surface area (Å²) in [6, 6.07) is 3.72. The van der Waals surface area contributed by atoms with E-state index in [1.165, 1.54) is 17.0 Å². The summed E-state index contributed by atoms with van der Waals surface area (Å²) in [6.45, 7) is 1.64. The second-order valence-corrected chi connectivity index (χ2v) is 3.53.